The summed E-state index contributed by atoms with van der Waals surface area (Å²) in [6.07, 6.45) is 4.85. The molecule has 1 aliphatic carbocycles. The van der Waals surface area contributed by atoms with Crippen molar-refractivity contribution in [3.05, 3.63) is 11.7 Å². The van der Waals surface area contributed by atoms with Crippen molar-refractivity contribution in [2.75, 3.05) is 26.8 Å². The molecule has 2 heterocycles. The third kappa shape index (κ3) is 4.99. The number of methoxy groups -OCH3 is 1. The van der Waals surface area contributed by atoms with Crippen LogP contribution < -0.4 is 0 Å². The number of carbonyl (C=O) groups is 1. The van der Waals surface area contributed by atoms with Crippen molar-refractivity contribution in [3.8, 4) is 0 Å². The fourth-order valence-corrected chi connectivity index (χ4v) is 4.13. The van der Waals surface area contributed by atoms with Gasteiger partial charge in [-0.2, -0.15) is 4.98 Å². The second-order valence-electron chi connectivity index (χ2n) is 6.86. The van der Waals surface area contributed by atoms with Crippen LogP contribution in [0.3, 0.4) is 0 Å². The topological polar surface area (TPSA) is 109 Å². The average Bonchev–Trinajstić information content (AvgIpc) is 3.21. The van der Waals surface area contributed by atoms with Gasteiger partial charge in [-0.3, -0.25) is 9.69 Å². The van der Waals surface area contributed by atoms with Gasteiger partial charge in [0.2, 0.25) is 5.89 Å². The van der Waals surface area contributed by atoms with Gasteiger partial charge in [-0.25, -0.2) is 0 Å². The van der Waals surface area contributed by atoms with Crippen LogP contribution in [0.15, 0.2) is 4.52 Å². The molecule has 2 N–H and O–H groups in total. The summed E-state index contributed by atoms with van der Waals surface area (Å²) in [5, 5.41) is 21.7. The summed E-state index contributed by atoms with van der Waals surface area (Å²) in [4.78, 5) is 15.1. The van der Waals surface area contributed by atoms with Crippen LogP contribution in [0.1, 0.15) is 44.3 Å². The van der Waals surface area contributed by atoms with Crippen molar-refractivity contribution in [2.45, 2.75) is 51.2 Å². The van der Waals surface area contributed by atoms with Crippen molar-refractivity contribution in [3.63, 3.8) is 0 Å². The number of carboxylic acid groups (broad SMARTS) is 1. The first kappa shape index (κ1) is 19.8. The summed E-state index contributed by atoms with van der Waals surface area (Å²) in [6, 6.07) is 0. The highest BCUT2D eigenvalue weighted by atomic mass is 16.5. The van der Waals surface area contributed by atoms with Gasteiger partial charge in [-0.1, -0.05) is 18.5 Å². The summed E-state index contributed by atoms with van der Waals surface area (Å²) >= 11 is 0. The van der Waals surface area contributed by atoms with E-state index in [4.69, 9.17) is 19.2 Å². The van der Waals surface area contributed by atoms with Crippen LogP contribution in [-0.2, 0) is 22.5 Å². The van der Waals surface area contributed by atoms with E-state index < -0.39 is 5.60 Å². The van der Waals surface area contributed by atoms with Crippen molar-refractivity contribution in [1.29, 1.82) is 0 Å². The SMILES string of the molecule is CC[C@]1(O)CCC[C@H]2CN(Cc3nc(CCOC)no3)C[C@H]21.O=CO. The van der Waals surface area contributed by atoms with Crippen LogP contribution in [0.5, 0.6) is 0 Å². The molecule has 0 unspecified atom stereocenters. The zero-order chi connectivity index (χ0) is 18.3. The van der Waals surface area contributed by atoms with Gasteiger partial charge in [0.1, 0.15) is 0 Å². The predicted octanol–water partition coefficient (Wildman–Crippen LogP) is 1.33. The lowest BCUT2D eigenvalue weighted by Crippen LogP contribution is -2.44. The Kier molecular flexibility index (Phi) is 7.34. The first-order chi connectivity index (χ1) is 12.1. The lowest BCUT2D eigenvalue weighted by atomic mass is 9.69. The number of hydrogen-bond acceptors (Lipinski definition) is 7. The summed E-state index contributed by atoms with van der Waals surface area (Å²) in [7, 11) is 1.67. The second-order valence-corrected chi connectivity index (χ2v) is 6.86. The van der Waals surface area contributed by atoms with Gasteiger partial charge in [0, 0.05) is 32.5 Å². The molecule has 2 fully saturated rings. The molecule has 3 atom stereocenters. The normalized spacial score (nSPS) is 28.9. The Hall–Kier alpha value is -1.51. The maximum absolute atomic E-state index is 10.8. The van der Waals surface area contributed by atoms with E-state index in [1.54, 1.807) is 7.11 Å². The highest BCUT2D eigenvalue weighted by molar-refractivity contribution is 5.32. The maximum atomic E-state index is 10.8. The average molecular weight is 355 g/mol. The molecule has 2 aliphatic rings. The molecular formula is C17H29N3O5. The van der Waals surface area contributed by atoms with E-state index in [9.17, 15) is 5.11 Å². The van der Waals surface area contributed by atoms with Gasteiger partial charge in [0.15, 0.2) is 5.82 Å². The second kappa shape index (κ2) is 9.26. The molecule has 3 rings (SSSR count). The van der Waals surface area contributed by atoms with Gasteiger partial charge >= 0.3 is 0 Å². The summed E-state index contributed by atoms with van der Waals surface area (Å²) in [5.74, 6) is 2.38. The van der Waals surface area contributed by atoms with Gasteiger partial charge in [-0.15, -0.1) is 0 Å². The van der Waals surface area contributed by atoms with Crippen molar-refractivity contribution < 1.29 is 24.3 Å². The zero-order valence-corrected chi connectivity index (χ0v) is 15.1. The van der Waals surface area contributed by atoms with Crippen LogP contribution in [0.2, 0.25) is 0 Å². The van der Waals surface area contributed by atoms with Gasteiger partial charge < -0.3 is 19.5 Å². The van der Waals surface area contributed by atoms with Gasteiger partial charge in [0.25, 0.3) is 6.47 Å². The lowest BCUT2D eigenvalue weighted by molar-refractivity contribution is -0.122. The summed E-state index contributed by atoms with van der Waals surface area (Å²) in [5.41, 5.74) is -0.476. The number of rotatable bonds is 6. The Morgan fingerprint density at radius 1 is 1.48 bits per heavy atom. The Morgan fingerprint density at radius 2 is 2.24 bits per heavy atom. The largest absolute Gasteiger partial charge is 0.483 e. The fraction of sp³-hybridized carbons (Fsp3) is 0.824. The predicted molar refractivity (Wildman–Crippen MR) is 89.9 cm³/mol. The minimum absolute atomic E-state index is 0.250. The highest BCUT2D eigenvalue weighted by Gasteiger charge is 2.47. The highest BCUT2D eigenvalue weighted by Crippen LogP contribution is 2.44. The maximum Gasteiger partial charge on any atom is 0.290 e. The quantitative estimate of drug-likeness (QED) is 0.736. The van der Waals surface area contributed by atoms with E-state index in [2.05, 4.69) is 22.0 Å². The minimum atomic E-state index is -0.476. The van der Waals surface area contributed by atoms with Crippen LogP contribution in [0.4, 0.5) is 0 Å². The lowest BCUT2D eigenvalue weighted by Gasteiger charge is -2.40. The van der Waals surface area contributed by atoms with E-state index in [0.717, 1.165) is 32.4 Å². The third-order valence-corrected chi connectivity index (χ3v) is 5.40. The number of hydrogen-bond donors (Lipinski definition) is 2. The fourth-order valence-electron chi connectivity index (χ4n) is 4.13. The Bertz CT molecular complexity index is 538. The Balaban J connectivity index is 0.000000701. The molecule has 25 heavy (non-hydrogen) atoms. The van der Waals surface area contributed by atoms with E-state index in [-0.39, 0.29) is 6.47 Å². The molecule has 1 aromatic heterocycles. The van der Waals surface area contributed by atoms with Gasteiger partial charge in [0.05, 0.1) is 18.8 Å². The number of likely N-dealkylation sites (tertiary alicyclic amines) is 1. The molecule has 1 saturated heterocycles. The van der Waals surface area contributed by atoms with E-state index in [0.29, 0.717) is 43.1 Å². The molecule has 142 valence electrons. The number of nitrogens with zero attached hydrogens (tertiary/aromatic N) is 3. The van der Waals surface area contributed by atoms with Crippen molar-refractivity contribution in [1.82, 2.24) is 15.0 Å². The summed E-state index contributed by atoms with van der Waals surface area (Å²) < 4.78 is 10.4. The number of fused-ring (bicyclic) bond motifs is 1. The summed E-state index contributed by atoms with van der Waals surface area (Å²) in [6.45, 7) is 5.11. The molecule has 0 spiro atoms. The molecule has 1 aromatic rings. The standard InChI is InChI=1S/C16H27N3O3.CH2O2/c1-3-16(20)7-4-5-12-9-19(10-13(12)16)11-15-17-14(18-22-15)6-8-21-2;2-1-3/h12-13,20H,3-11H2,1-2H3;1H,(H,2,3)/t12-,13+,16-;/m0./s1. The number of aromatic nitrogens is 2. The van der Waals surface area contributed by atoms with E-state index >= 15 is 0 Å². The van der Waals surface area contributed by atoms with Crippen LogP contribution in [-0.4, -0.2) is 64.1 Å². The Morgan fingerprint density at radius 3 is 2.92 bits per heavy atom. The molecule has 0 amide bonds. The molecule has 0 bridgehead atoms. The first-order valence-corrected chi connectivity index (χ1v) is 8.89. The number of aliphatic hydroxyl groups is 1. The first-order valence-electron chi connectivity index (χ1n) is 8.89. The van der Waals surface area contributed by atoms with Crippen LogP contribution in [0.25, 0.3) is 0 Å². The smallest absolute Gasteiger partial charge is 0.290 e. The monoisotopic (exact) mass is 355 g/mol. The van der Waals surface area contributed by atoms with E-state index in [1.165, 1.54) is 6.42 Å². The molecule has 1 saturated carbocycles. The molecule has 1 aliphatic heterocycles. The molecular weight excluding hydrogens is 326 g/mol. The van der Waals surface area contributed by atoms with Gasteiger partial charge in [-0.05, 0) is 25.2 Å². The van der Waals surface area contributed by atoms with Crippen LogP contribution >= 0.6 is 0 Å². The van der Waals surface area contributed by atoms with Crippen molar-refractivity contribution >= 4 is 6.47 Å². The molecule has 8 nitrogen and oxygen atoms in total. The third-order valence-electron chi connectivity index (χ3n) is 5.40. The zero-order valence-electron chi connectivity index (χ0n) is 15.1. The Labute approximate surface area is 148 Å². The van der Waals surface area contributed by atoms with Crippen LogP contribution in [0, 0.1) is 11.8 Å². The van der Waals surface area contributed by atoms with E-state index in [1.807, 2.05) is 0 Å². The molecule has 0 aromatic carbocycles. The molecule has 8 heteroatoms. The minimum Gasteiger partial charge on any atom is -0.483 e. The molecule has 0 radical (unpaired) electrons. The van der Waals surface area contributed by atoms with Crippen molar-refractivity contribution in [2.24, 2.45) is 11.8 Å². The number of ether oxygens (including phenoxy) is 1.